The highest BCUT2D eigenvalue weighted by molar-refractivity contribution is 7.99. The van der Waals surface area contributed by atoms with Crippen LogP contribution in [0.4, 0.5) is 0 Å². The van der Waals surface area contributed by atoms with Crippen molar-refractivity contribution in [2.24, 2.45) is 5.73 Å². The lowest BCUT2D eigenvalue weighted by atomic mass is 10.3. The van der Waals surface area contributed by atoms with Crippen molar-refractivity contribution in [3.05, 3.63) is 42.5 Å². The van der Waals surface area contributed by atoms with Gasteiger partial charge in [0, 0.05) is 25.0 Å². The minimum absolute atomic E-state index is 0.606. The van der Waals surface area contributed by atoms with Gasteiger partial charge in [0.15, 0.2) is 5.16 Å². The topological polar surface area (TPSA) is 72.0 Å². The maximum Gasteiger partial charge on any atom is 0.171 e. The fourth-order valence-corrected chi connectivity index (χ4v) is 2.75. The average Bonchev–Trinajstić information content (AvgIpc) is 3.00. The number of aromatic nitrogens is 4. The summed E-state index contributed by atoms with van der Waals surface area (Å²) in [4.78, 5) is 11.9. The van der Waals surface area contributed by atoms with Crippen molar-refractivity contribution in [3.8, 4) is 0 Å². The molecule has 3 N–H and O–H groups in total. The summed E-state index contributed by atoms with van der Waals surface area (Å²) in [6.45, 7) is 0.606. The average molecular weight is 259 g/mol. The van der Waals surface area contributed by atoms with Gasteiger partial charge in [-0.2, -0.15) is 0 Å². The third-order valence-electron chi connectivity index (χ3n) is 2.64. The lowest BCUT2D eigenvalue weighted by Crippen LogP contribution is -2.05. The lowest BCUT2D eigenvalue weighted by molar-refractivity contribution is 0.874. The smallest absolute Gasteiger partial charge is 0.171 e. The fraction of sp³-hybridized carbons (Fsp3) is 0.167. The van der Waals surface area contributed by atoms with Gasteiger partial charge in [-0.15, -0.1) is 0 Å². The van der Waals surface area contributed by atoms with Crippen LogP contribution < -0.4 is 5.73 Å². The first kappa shape index (κ1) is 11.3. The van der Waals surface area contributed by atoms with Crippen molar-refractivity contribution in [2.75, 3.05) is 6.54 Å². The third-order valence-corrected chi connectivity index (χ3v) is 3.58. The van der Waals surface area contributed by atoms with E-state index in [9.17, 15) is 0 Å². The Hall–Kier alpha value is -1.79. The number of imidazole rings is 2. The van der Waals surface area contributed by atoms with E-state index in [0.717, 1.165) is 27.9 Å². The van der Waals surface area contributed by atoms with E-state index in [2.05, 4.69) is 19.4 Å². The zero-order valence-corrected chi connectivity index (χ0v) is 10.5. The van der Waals surface area contributed by atoms with Gasteiger partial charge in [0.1, 0.15) is 10.7 Å². The van der Waals surface area contributed by atoms with Crippen LogP contribution in [0, 0.1) is 0 Å². The molecule has 92 valence electrons. The maximum atomic E-state index is 5.68. The van der Waals surface area contributed by atoms with E-state index in [4.69, 9.17) is 5.73 Å². The molecule has 0 bridgehead atoms. The number of nitrogens with one attached hydrogen (secondary N) is 1. The number of H-pyrrole nitrogens is 1. The summed E-state index contributed by atoms with van der Waals surface area (Å²) in [7, 11) is 0. The maximum absolute atomic E-state index is 5.68. The number of hydrogen-bond donors (Lipinski definition) is 2. The molecule has 3 aromatic heterocycles. The molecule has 0 aliphatic carbocycles. The molecule has 0 radical (unpaired) electrons. The van der Waals surface area contributed by atoms with Crippen LogP contribution in [-0.2, 0) is 6.42 Å². The van der Waals surface area contributed by atoms with Crippen LogP contribution >= 0.6 is 11.8 Å². The van der Waals surface area contributed by atoms with Crippen molar-refractivity contribution in [1.82, 2.24) is 19.4 Å². The summed E-state index contributed by atoms with van der Waals surface area (Å²) >= 11 is 1.53. The third kappa shape index (κ3) is 2.00. The number of fused-ring (bicyclic) bond motifs is 1. The SMILES string of the molecule is NCCc1c(Sc2ncc[nH]2)nc2ccccn12. The molecule has 6 heteroatoms. The Kier molecular flexibility index (Phi) is 3.04. The number of nitrogens with two attached hydrogens (primary N) is 1. The second kappa shape index (κ2) is 4.83. The summed E-state index contributed by atoms with van der Waals surface area (Å²) in [6.07, 6.45) is 6.36. The molecule has 0 amide bonds. The Balaban J connectivity index is 2.06. The Bertz CT molecular complexity index is 644. The van der Waals surface area contributed by atoms with Crippen molar-refractivity contribution in [2.45, 2.75) is 16.6 Å². The summed E-state index contributed by atoms with van der Waals surface area (Å²) in [5.74, 6) is 0. The van der Waals surface area contributed by atoms with Gasteiger partial charge in [-0.1, -0.05) is 6.07 Å². The van der Waals surface area contributed by atoms with E-state index in [0.29, 0.717) is 6.54 Å². The Morgan fingerprint density at radius 2 is 2.33 bits per heavy atom. The molecular formula is C12H13N5S. The van der Waals surface area contributed by atoms with E-state index in [1.807, 2.05) is 24.4 Å². The fourth-order valence-electron chi connectivity index (χ4n) is 1.87. The minimum atomic E-state index is 0.606. The first-order valence-corrected chi connectivity index (χ1v) is 6.53. The zero-order valence-electron chi connectivity index (χ0n) is 9.71. The van der Waals surface area contributed by atoms with Crippen LogP contribution in [0.15, 0.2) is 47.0 Å². The molecule has 0 aliphatic heterocycles. The highest BCUT2D eigenvalue weighted by Crippen LogP contribution is 2.28. The van der Waals surface area contributed by atoms with Gasteiger partial charge in [-0.05, 0) is 30.4 Å². The molecule has 0 unspecified atom stereocenters. The highest BCUT2D eigenvalue weighted by atomic mass is 32.2. The predicted molar refractivity (Wildman–Crippen MR) is 70.7 cm³/mol. The number of rotatable bonds is 4. The molecule has 3 rings (SSSR count). The second-order valence-corrected chi connectivity index (χ2v) is 4.81. The van der Waals surface area contributed by atoms with Gasteiger partial charge in [-0.25, -0.2) is 9.97 Å². The summed E-state index contributed by atoms with van der Waals surface area (Å²) < 4.78 is 2.08. The van der Waals surface area contributed by atoms with E-state index < -0.39 is 0 Å². The van der Waals surface area contributed by atoms with E-state index >= 15 is 0 Å². The summed E-state index contributed by atoms with van der Waals surface area (Å²) in [5, 5.41) is 1.80. The van der Waals surface area contributed by atoms with Gasteiger partial charge in [0.05, 0.1) is 5.69 Å². The first-order valence-electron chi connectivity index (χ1n) is 5.72. The standard InChI is InChI=1S/C12H13N5S/c13-5-4-9-11(18-12-14-6-7-15-12)16-10-3-1-2-8-17(9)10/h1-3,6-8H,4-5,13H2,(H,14,15). The van der Waals surface area contributed by atoms with Crippen LogP contribution in [0.25, 0.3) is 5.65 Å². The molecule has 5 nitrogen and oxygen atoms in total. The van der Waals surface area contributed by atoms with Crippen LogP contribution in [-0.4, -0.2) is 25.9 Å². The number of aromatic amines is 1. The Morgan fingerprint density at radius 1 is 1.39 bits per heavy atom. The Morgan fingerprint density at radius 3 is 3.11 bits per heavy atom. The number of pyridine rings is 1. The number of nitrogens with zero attached hydrogens (tertiary/aromatic N) is 3. The monoisotopic (exact) mass is 259 g/mol. The van der Waals surface area contributed by atoms with E-state index in [1.165, 1.54) is 11.8 Å². The van der Waals surface area contributed by atoms with Crippen LogP contribution in [0.3, 0.4) is 0 Å². The molecule has 18 heavy (non-hydrogen) atoms. The molecule has 0 saturated heterocycles. The molecule has 0 saturated carbocycles. The van der Waals surface area contributed by atoms with Gasteiger partial charge in [0.25, 0.3) is 0 Å². The molecule has 0 aromatic carbocycles. The van der Waals surface area contributed by atoms with Gasteiger partial charge in [-0.3, -0.25) is 0 Å². The molecule has 3 heterocycles. The van der Waals surface area contributed by atoms with Gasteiger partial charge >= 0.3 is 0 Å². The second-order valence-electron chi connectivity index (χ2n) is 3.83. The highest BCUT2D eigenvalue weighted by Gasteiger charge is 2.13. The molecular weight excluding hydrogens is 246 g/mol. The summed E-state index contributed by atoms with van der Waals surface area (Å²) in [6, 6.07) is 5.97. The zero-order chi connectivity index (χ0) is 12.4. The van der Waals surface area contributed by atoms with Gasteiger partial charge < -0.3 is 15.1 Å². The van der Waals surface area contributed by atoms with Crippen LogP contribution in [0.5, 0.6) is 0 Å². The normalized spacial score (nSPS) is 11.2. The van der Waals surface area contributed by atoms with E-state index in [1.54, 1.807) is 12.4 Å². The van der Waals surface area contributed by atoms with Gasteiger partial charge in [0.2, 0.25) is 0 Å². The number of hydrogen-bond acceptors (Lipinski definition) is 4. The van der Waals surface area contributed by atoms with Crippen molar-refractivity contribution in [1.29, 1.82) is 0 Å². The van der Waals surface area contributed by atoms with Crippen molar-refractivity contribution >= 4 is 17.4 Å². The molecule has 3 aromatic rings. The van der Waals surface area contributed by atoms with Crippen LogP contribution in [0.1, 0.15) is 5.69 Å². The molecule has 0 spiro atoms. The van der Waals surface area contributed by atoms with Crippen molar-refractivity contribution < 1.29 is 0 Å². The van der Waals surface area contributed by atoms with E-state index in [-0.39, 0.29) is 0 Å². The van der Waals surface area contributed by atoms with Crippen LogP contribution in [0.2, 0.25) is 0 Å². The van der Waals surface area contributed by atoms with Crippen molar-refractivity contribution in [3.63, 3.8) is 0 Å². The quantitative estimate of drug-likeness (QED) is 0.748. The predicted octanol–water partition coefficient (Wildman–Crippen LogP) is 1.71. The minimum Gasteiger partial charge on any atom is -0.339 e. The largest absolute Gasteiger partial charge is 0.339 e. The molecule has 0 aliphatic rings. The summed E-state index contributed by atoms with van der Waals surface area (Å²) in [5.41, 5.74) is 7.75. The lowest BCUT2D eigenvalue weighted by Gasteiger charge is -2.01. The molecule has 0 atom stereocenters. The Labute approximate surface area is 108 Å². The molecule has 0 fully saturated rings. The first-order chi connectivity index (χ1) is 8.88.